The Balaban J connectivity index is 2.24. The van der Waals surface area contributed by atoms with Gasteiger partial charge < -0.3 is 9.84 Å². The number of rotatable bonds is 4. The molecular formula is C12H13BrO3. The van der Waals surface area contributed by atoms with E-state index >= 15 is 0 Å². The molecule has 4 heteroatoms. The van der Waals surface area contributed by atoms with Gasteiger partial charge in [0, 0.05) is 4.47 Å². The van der Waals surface area contributed by atoms with E-state index in [1.165, 1.54) is 0 Å². The summed E-state index contributed by atoms with van der Waals surface area (Å²) in [7, 11) is 1.61. The minimum atomic E-state index is -0.692. The second-order valence-electron chi connectivity index (χ2n) is 4.22. The van der Waals surface area contributed by atoms with Crippen molar-refractivity contribution in [1.82, 2.24) is 0 Å². The van der Waals surface area contributed by atoms with Crippen LogP contribution in [0.25, 0.3) is 0 Å². The number of aliphatic carboxylic acids is 1. The van der Waals surface area contributed by atoms with Gasteiger partial charge in [0.25, 0.3) is 0 Å². The quantitative estimate of drug-likeness (QED) is 0.925. The first kappa shape index (κ1) is 11.5. The first-order valence-electron chi connectivity index (χ1n) is 5.13. The van der Waals surface area contributed by atoms with Gasteiger partial charge in [-0.25, -0.2) is 0 Å². The maximum Gasteiger partial charge on any atom is 0.309 e. The minimum absolute atomic E-state index is 0.533. The Labute approximate surface area is 103 Å². The molecule has 0 amide bonds. The predicted octanol–water partition coefficient (Wildman–Crippen LogP) is 2.87. The van der Waals surface area contributed by atoms with E-state index in [4.69, 9.17) is 9.84 Å². The molecule has 1 aromatic carbocycles. The van der Waals surface area contributed by atoms with Gasteiger partial charge in [-0.15, -0.1) is 0 Å². The van der Waals surface area contributed by atoms with Crippen LogP contribution < -0.4 is 4.74 Å². The van der Waals surface area contributed by atoms with Crippen LogP contribution in [0.4, 0.5) is 0 Å². The van der Waals surface area contributed by atoms with Gasteiger partial charge >= 0.3 is 5.97 Å². The molecule has 1 N–H and O–H groups in total. The lowest BCUT2D eigenvalue weighted by Crippen LogP contribution is -2.17. The lowest BCUT2D eigenvalue weighted by atomic mass is 9.96. The smallest absolute Gasteiger partial charge is 0.309 e. The number of carboxylic acid groups (broad SMARTS) is 1. The third kappa shape index (κ3) is 2.07. The predicted molar refractivity (Wildman–Crippen MR) is 63.7 cm³/mol. The number of carboxylic acids is 1. The second-order valence-corrected chi connectivity index (χ2v) is 5.07. The third-order valence-electron chi connectivity index (χ3n) is 3.09. The molecule has 0 bridgehead atoms. The van der Waals surface area contributed by atoms with Crippen LogP contribution in [0, 0.1) is 5.41 Å². The molecule has 0 radical (unpaired) electrons. The SMILES string of the molecule is COc1ccc(Br)c(CC2(C(=O)O)CC2)c1. The standard InChI is InChI=1S/C12H13BrO3/c1-16-9-2-3-10(13)8(6-9)7-12(4-5-12)11(14)15/h2-3,6H,4-5,7H2,1H3,(H,14,15). The molecule has 1 aromatic rings. The van der Waals surface area contributed by atoms with Crippen LogP contribution in [0.1, 0.15) is 18.4 Å². The van der Waals surface area contributed by atoms with E-state index in [0.717, 1.165) is 28.6 Å². The molecule has 0 unspecified atom stereocenters. The summed E-state index contributed by atoms with van der Waals surface area (Å²) in [4.78, 5) is 11.1. The van der Waals surface area contributed by atoms with Crippen molar-refractivity contribution in [2.75, 3.05) is 7.11 Å². The minimum Gasteiger partial charge on any atom is -0.497 e. The number of methoxy groups -OCH3 is 1. The average molecular weight is 285 g/mol. The van der Waals surface area contributed by atoms with Crippen LogP contribution in [0.15, 0.2) is 22.7 Å². The maximum atomic E-state index is 11.1. The van der Waals surface area contributed by atoms with Gasteiger partial charge in [0.1, 0.15) is 5.75 Å². The zero-order valence-corrected chi connectivity index (χ0v) is 10.6. The Morgan fingerprint density at radius 2 is 2.25 bits per heavy atom. The highest BCUT2D eigenvalue weighted by Crippen LogP contribution is 2.49. The fraction of sp³-hybridized carbons (Fsp3) is 0.417. The van der Waals surface area contributed by atoms with Crippen molar-refractivity contribution in [3.63, 3.8) is 0 Å². The molecule has 1 fully saturated rings. The van der Waals surface area contributed by atoms with Gasteiger partial charge in [0.2, 0.25) is 0 Å². The van der Waals surface area contributed by atoms with E-state index in [0.29, 0.717) is 6.42 Å². The molecule has 16 heavy (non-hydrogen) atoms. The van der Waals surface area contributed by atoms with E-state index in [9.17, 15) is 4.79 Å². The molecule has 0 heterocycles. The highest BCUT2D eigenvalue weighted by Gasteiger charge is 2.50. The van der Waals surface area contributed by atoms with E-state index in [-0.39, 0.29) is 0 Å². The Bertz CT molecular complexity index is 424. The van der Waals surface area contributed by atoms with E-state index < -0.39 is 11.4 Å². The molecule has 86 valence electrons. The Morgan fingerprint density at radius 3 is 2.75 bits per heavy atom. The van der Waals surface area contributed by atoms with Crippen LogP contribution in [0.5, 0.6) is 5.75 Å². The van der Waals surface area contributed by atoms with Crippen LogP contribution >= 0.6 is 15.9 Å². The summed E-state index contributed by atoms with van der Waals surface area (Å²) < 4.78 is 6.08. The first-order chi connectivity index (χ1) is 7.57. The summed E-state index contributed by atoms with van der Waals surface area (Å²) in [6, 6.07) is 5.65. The number of halogens is 1. The molecule has 0 saturated heterocycles. The average Bonchev–Trinajstić information content (AvgIpc) is 3.02. The largest absolute Gasteiger partial charge is 0.497 e. The van der Waals surface area contributed by atoms with Crippen LogP contribution in [-0.4, -0.2) is 18.2 Å². The van der Waals surface area contributed by atoms with Gasteiger partial charge in [-0.2, -0.15) is 0 Å². The summed E-state index contributed by atoms with van der Waals surface area (Å²) >= 11 is 3.44. The van der Waals surface area contributed by atoms with Crippen molar-refractivity contribution in [3.05, 3.63) is 28.2 Å². The van der Waals surface area contributed by atoms with Crippen LogP contribution in [0.3, 0.4) is 0 Å². The lowest BCUT2D eigenvalue weighted by Gasteiger charge is -2.12. The molecule has 0 spiro atoms. The topological polar surface area (TPSA) is 46.5 Å². The molecule has 3 nitrogen and oxygen atoms in total. The summed E-state index contributed by atoms with van der Waals surface area (Å²) in [5.74, 6) is 0.0709. The van der Waals surface area contributed by atoms with Crippen LogP contribution in [-0.2, 0) is 11.2 Å². The van der Waals surface area contributed by atoms with Crippen molar-refractivity contribution in [2.24, 2.45) is 5.41 Å². The van der Waals surface area contributed by atoms with Gasteiger partial charge in [-0.05, 0) is 43.0 Å². The molecule has 2 rings (SSSR count). The number of hydrogen-bond acceptors (Lipinski definition) is 2. The fourth-order valence-corrected chi connectivity index (χ4v) is 2.18. The van der Waals surface area contributed by atoms with Crippen molar-refractivity contribution in [1.29, 1.82) is 0 Å². The number of carbonyl (C=O) groups is 1. The van der Waals surface area contributed by atoms with E-state index in [1.807, 2.05) is 18.2 Å². The van der Waals surface area contributed by atoms with Crippen molar-refractivity contribution >= 4 is 21.9 Å². The number of ether oxygens (including phenoxy) is 1. The lowest BCUT2D eigenvalue weighted by molar-refractivity contribution is -0.143. The summed E-state index contributed by atoms with van der Waals surface area (Å²) in [5.41, 5.74) is 0.466. The van der Waals surface area contributed by atoms with Crippen LogP contribution in [0.2, 0.25) is 0 Å². The van der Waals surface area contributed by atoms with Crippen molar-refractivity contribution < 1.29 is 14.6 Å². The highest BCUT2D eigenvalue weighted by molar-refractivity contribution is 9.10. The Morgan fingerprint density at radius 1 is 1.56 bits per heavy atom. The molecule has 1 aliphatic rings. The first-order valence-corrected chi connectivity index (χ1v) is 5.92. The Kier molecular flexibility index (Phi) is 2.93. The van der Waals surface area contributed by atoms with Crippen molar-refractivity contribution in [2.45, 2.75) is 19.3 Å². The zero-order valence-electron chi connectivity index (χ0n) is 9.00. The van der Waals surface area contributed by atoms with E-state index in [2.05, 4.69) is 15.9 Å². The van der Waals surface area contributed by atoms with Gasteiger partial charge in [0.15, 0.2) is 0 Å². The molecule has 1 saturated carbocycles. The molecular weight excluding hydrogens is 272 g/mol. The molecule has 0 atom stereocenters. The fourth-order valence-electron chi connectivity index (χ4n) is 1.80. The zero-order chi connectivity index (χ0) is 11.8. The van der Waals surface area contributed by atoms with E-state index in [1.54, 1.807) is 7.11 Å². The monoisotopic (exact) mass is 284 g/mol. The normalized spacial score (nSPS) is 16.9. The van der Waals surface area contributed by atoms with Crippen molar-refractivity contribution in [3.8, 4) is 5.75 Å². The van der Waals surface area contributed by atoms with Gasteiger partial charge in [-0.1, -0.05) is 15.9 Å². The van der Waals surface area contributed by atoms with Gasteiger partial charge in [-0.3, -0.25) is 4.79 Å². The summed E-state index contributed by atoms with van der Waals surface area (Å²) in [5, 5.41) is 9.14. The molecule has 1 aliphatic carbocycles. The molecule has 0 aliphatic heterocycles. The number of benzene rings is 1. The third-order valence-corrected chi connectivity index (χ3v) is 3.86. The highest BCUT2D eigenvalue weighted by atomic mass is 79.9. The second kappa shape index (κ2) is 4.09. The van der Waals surface area contributed by atoms with Gasteiger partial charge in [0.05, 0.1) is 12.5 Å². The molecule has 0 aromatic heterocycles. The Hall–Kier alpha value is -1.03. The maximum absolute atomic E-state index is 11.1. The number of hydrogen-bond donors (Lipinski definition) is 1. The summed E-state index contributed by atoms with van der Waals surface area (Å²) in [6.07, 6.45) is 2.11. The summed E-state index contributed by atoms with van der Waals surface area (Å²) in [6.45, 7) is 0.